The fraction of sp³-hybridized carbons (Fsp3) is 1.00. The molecule has 0 aromatic carbocycles. The highest BCUT2D eigenvalue weighted by atomic mass is 15.5. The summed E-state index contributed by atoms with van der Waals surface area (Å²) in [4.78, 5) is 0. The van der Waals surface area contributed by atoms with Gasteiger partial charge in [0.2, 0.25) is 0 Å². The van der Waals surface area contributed by atoms with E-state index < -0.39 is 0 Å². The topological polar surface area (TPSA) is 41.3 Å². The lowest BCUT2D eigenvalue weighted by Gasteiger charge is -2.41. The summed E-state index contributed by atoms with van der Waals surface area (Å²) in [6.45, 7) is 3.04. The molecule has 0 aliphatic heterocycles. The molecule has 0 bridgehead atoms. The zero-order valence-corrected chi connectivity index (χ0v) is 9.84. The van der Waals surface area contributed by atoms with Crippen molar-refractivity contribution < 1.29 is 0 Å². The van der Waals surface area contributed by atoms with Crippen LogP contribution in [-0.4, -0.2) is 31.2 Å². The van der Waals surface area contributed by atoms with Gasteiger partial charge in [0, 0.05) is 26.2 Å². The second kappa shape index (κ2) is 5.10. The molecule has 1 aliphatic rings. The summed E-state index contributed by atoms with van der Waals surface area (Å²) in [6.07, 6.45) is 6.42. The number of nitrogens with zero attached hydrogens (tertiary/aromatic N) is 1. The van der Waals surface area contributed by atoms with Gasteiger partial charge in [-0.15, -0.1) is 0 Å². The van der Waals surface area contributed by atoms with Crippen molar-refractivity contribution in [3.8, 4) is 0 Å². The molecule has 3 nitrogen and oxygen atoms in total. The first kappa shape index (κ1) is 12.0. The van der Waals surface area contributed by atoms with E-state index in [2.05, 4.69) is 12.3 Å². The Balaban J connectivity index is 2.48. The van der Waals surface area contributed by atoms with Gasteiger partial charge in [-0.05, 0) is 31.6 Å². The van der Waals surface area contributed by atoms with Crippen molar-refractivity contribution in [3.05, 3.63) is 0 Å². The van der Waals surface area contributed by atoms with Crippen molar-refractivity contribution in [2.45, 2.75) is 44.6 Å². The highest BCUT2D eigenvalue weighted by Gasteiger charge is 2.33. The molecule has 0 spiro atoms. The van der Waals surface area contributed by atoms with Crippen molar-refractivity contribution in [2.24, 2.45) is 11.7 Å². The van der Waals surface area contributed by atoms with E-state index in [1.54, 1.807) is 0 Å². The summed E-state index contributed by atoms with van der Waals surface area (Å²) in [6, 6.07) is 0. The Labute approximate surface area is 88.0 Å². The third-order valence-corrected chi connectivity index (χ3v) is 3.49. The van der Waals surface area contributed by atoms with E-state index >= 15 is 0 Å². The van der Waals surface area contributed by atoms with Crippen LogP contribution in [0.5, 0.6) is 0 Å². The Hall–Kier alpha value is -0.120. The zero-order valence-electron chi connectivity index (χ0n) is 9.84. The van der Waals surface area contributed by atoms with Gasteiger partial charge < -0.3 is 5.73 Å². The molecule has 1 aliphatic carbocycles. The summed E-state index contributed by atoms with van der Waals surface area (Å²) in [5.74, 6) is 0.929. The molecule has 0 heterocycles. The Bertz CT molecular complexity index is 160. The monoisotopic (exact) mass is 199 g/mol. The van der Waals surface area contributed by atoms with Crippen LogP contribution in [0.2, 0.25) is 0 Å². The van der Waals surface area contributed by atoms with Crippen LogP contribution >= 0.6 is 0 Å². The van der Waals surface area contributed by atoms with Crippen LogP contribution in [0.25, 0.3) is 0 Å². The van der Waals surface area contributed by atoms with Crippen molar-refractivity contribution in [2.75, 3.05) is 20.6 Å². The molecule has 84 valence electrons. The van der Waals surface area contributed by atoms with E-state index in [-0.39, 0.29) is 5.54 Å². The highest BCUT2D eigenvalue weighted by Crippen LogP contribution is 2.33. The Morgan fingerprint density at radius 2 is 1.93 bits per heavy atom. The van der Waals surface area contributed by atoms with Gasteiger partial charge in [0.15, 0.2) is 0 Å². The average molecular weight is 199 g/mol. The third kappa shape index (κ3) is 2.94. The molecule has 0 amide bonds. The van der Waals surface area contributed by atoms with E-state index in [0.717, 1.165) is 12.5 Å². The molecular formula is C11H25N3. The first-order valence-corrected chi connectivity index (χ1v) is 5.77. The number of nitrogens with two attached hydrogens (primary N) is 1. The van der Waals surface area contributed by atoms with Crippen LogP contribution in [0.3, 0.4) is 0 Å². The normalized spacial score (nSPS) is 33.6. The molecule has 0 unspecified atom stereocenters. The van der Waals surface area contributed by atoms with E-state index in [0.29, 0.717) is 0 Å². The van der Waals surface area contributed by atoms with Crippen molar-refractivity contribution in [3.63, 3.8) is 0 Å². The summed E-state index contributed by atoms with van der Waals surface area (Å²) in [5.41, 5.74) is 9.56. The molecule has 0 saturated heterocycles. The molecule has 1 rings (SSSR count). The van der Waals surface area contributed by atoms with Gasteiger partial charge in [0.25, 0.3) is 0 Å². The maximum Gasteiger partial charge on any atom is 0.0448 e. The fourth-order valence-corrected chi connectivity index (χ4v) is 2.47. The predicted octanol–water partition coefficient (Wildman–Crippen LogP) is 1.35. The summed E-state index contributed by atoms with van der Waals surface area (Å²) in [7, 11) is 4.09. The quantitative estimate of drug-likeness (QED) is 0.672. The van der Waals surface area contributed by atoms with Crippen molar-refractivity contribution in [1.29, 1.82) is 0 Å². The molecule has 1 saturated carbocycles. The zero-order chi connectivity index (χ0) is 10.6. The Morgan fingerprint density at radius 3 is 2.29 bits per heavy atom. The molecular weight excluding hydrogens is 174 g/mol. The van der Waals surface area contributed by atoms with Gasteiger partial charge in [-0.3, -0.25) is 5.01 Å². The lowest BCUT2D eigenvalue weighted by atomic mass is 9.76. The van der Waals surface area contributed by atoms with Gasteiger partial charge in [-0.2, -0.15) is 0 Å². The minimum atomic E-state index is 0.176. The molecule has 0 radical (unpaired) electrons. The van der Waals surface area contributed by atoms with Crippen molar-refractivity contribution in [1.82, 2.24) is 10.4 Å². The van der Waals surface area contributed by atoms with Crippen LogP contribution < -0.4 is 11.2 Å². The molecule has 1 fully saturated rings. The molecule has 14 heavy (non-hydrogen) atoms. The van der Waals surface area contributed by atoms with Gasteiger partial charge in [-0.1, -0.05) is 13.3 Å². The maximum absolute atomic E-state index is 5.88. The smallest absolute Gasteiger partial charge is 0.0448 e. The van der Waals surface area contributed by atoms with Crippen LogP contribution in [0.4, 0.5) is 0 Å². The minimum absolute atomic E-state index is 0.176. The first-order chi connectivity index (χ1) is 6.62. The van der Waals surface area contributed by atoms with Gasteiger partial charge in [0.05, 0.1) is 0 Å². The van der Waals surface area contributed by atoms with Gasteiger partial charge in [-0.25, -0.2) is 5.43 Å². The van der Waals surface area contributed by atoms with Gasteiger partial charge in [0.1, 0.15) is 0 Å². The van der Waals surface area contributed by atoms with Gasteiger partial charge >= 0.3 is 0 Å². The fourth-order valence-electron chi connectivity index (χ4n) is 2.47. The number of rotatable bonds is 4. The number of nitrogens with one attached hydrogen (secondary N) is 1. The van der Waals surface area contributed by atoms with Crippen molar-refractivity contribution >= 4 is 0 Å². The Morgan fingerprint density at radius 1 is 1.36 bits per heavy atom. The SMILES string of the molecule is CCC1CCC(CN)(NN(C)C)CC1. The molecule has 0 aromatic heterocycles. The molecule has 0 aromatic rings. The number of hydrogen-bond donors (Lipinski definition) is 2. The summed E-state index contributed by atoms with van der Waals surface area (Å²) >= 11 is 0. The van der Waals surface area contributed by atoms with Crippen LogP contribution in [-0.2, 0) is 0 Å². The minimum Gasteiger partial charge on any atom is -0.329 e. The van der Waals surface area contributed by atoms with Crippen LogP contribution in [0, 0.1) is 5.92 Å². The predicted molar refractivity (Wildman–Crippen MR) is 60.9 cm³/mol. The summed E-state index contributed by atoms with van der Waals surface area (Å²) in [5, 5.41) is 2.04. The Kier molecular flexibility index (Phi) is 4.35. The van der Waals surface area contributed by atoms with Crippen LogP contribution in [0.1, 0.15) is 39.0 Å². The molecule has 3 heteroatoms. The second-order valence-corrected chi connectivity index (χ2v) is 4.84. The van der Waals surface area contributed by atoms with Crippen LogP contribution in [0.15, 0.2) is 0 Å². The largest absolute Gasteiger partial charge is 0.329 e. The standard InChI is InChI=1S/C11H25N3/c1-4-10-5-7-11(9-12,8-6-10)13-14(2)3/h10,13H,4-9,12H2,1-3H3. The molecule has 3 N–H and O–H groups in total. The maximum atomic E-state index is 5.88. The average Bonchev–Trinajstić information content (AvgIpc) is 2.18. The van der Waals surface area contributed by atoms with E-state index in [1.807, 2.05) is 19.1 Å². The lowest BCUT2D eigenvalue weighted by molar-refractivity contribution is 0.103. The van der Waals surface area contributed by atoms with E-state index in [1.165, 1.54) is 32.1 Å². The number of hydrogen-bond acceptors (Lipinski definition) is 3. The highest BCUT2D eigenvalue weighted by molar-refractivity contribution is 4.92. The van der Waals surface area contributed by atoms with E-state index in [4.69, 9.17) is 5.73 Å². The third-order valence-electron chi connectivity index (χ3n) is 3.49. The lowest BCUT2D eigenvalue weighted by Crippen LogP contribution is -2.57. The second-order valence-electron chi connectivity index (χ2n) is 4.84. The van der Waals surface area contributed by atoms with E-state index in [9.17, 15) is 0 Å². The summed E-state index contributed by atoms with van der Waals surface area (Å²) < 4.78 is 0. The first-order valence-electron chi connectivity index (χ1n) is 5.77. The number of hydrazine groups is 1. The molecule has 0 atom stereocenters.